The largest absolute Gasteiger partial charge is 0.348 e. The van der Waals surface area contributed by atoms with Crippen LogP contribution >= 0.6 is 8.86 Å². The molecule has 0 spiro atoms. The SMILES string of the molecule is [N-]=[N+]=C=P. The molecule has 0 saturated heterocycles. The zero-order chi connectivity index (χ0) is 3.41. The van der Waals surface area contributed by atoms with Gasteiger partial charge in [0.2, 0.25) is 0 Å². The fraction of sp³-hybridized carbons (Fsp3) is 0. The van der Waals surface area contributed by atoms with Gasteiger partial charge in [-0.15, -0.1) is 4.79 Å². The first-order chi connectivity index (χ1) is 1.91. The van der Waals surface area contributed by atoms with Crippen LogP contribution in [0.15, 0.2) is 0 Å². The van der Waals surface area contributed by atoms with Gasteiger partial charge in [-0.1, -0.05) is 0 Å². The molecular formula is CHN2P. The maximum atomic E-state index is 7.34. The standard InChI is InChI=1S/CHN2P/c2-3-1-4/h4H. The summed E-state index contributed by atoms with van der Waals surface area (Å²) in [6.45, 7) is 0. The van der Waals surface area contributed by atoms with Crippen molar-refractivity contribution in [2.24, 2.45) is 0 Å². The fourth-order valence-corrected chi connectivity index (χ4v) is 0. The average molecular weight is 72.0 g/mol. The lowest BCUT2D eigenvalue weighted by molar-refractivity contribution is 0.00968. The molecular weight excluding hydrogens is 71.0 g/mol. The second-order valence-corrected chi connectivity index (χ2v) is 0.435. The van der Waals surface area contributed by atoms with Crippen LogP contribution < -0.4 is 0 Å². The van der Waals surface area contributed by atoms with Crippen LogP contribution in [0, 0.1) is 0 Å². The second-order valence-electron chi connectivity index (χ2n) is 0.212. The minimum absolute atomic E-state index is 1.92. The highest BCUT2D eigenvalue weighted by Crippen LogP contribution is 1.30. The van der Waals surface area contributed by atoms with Crippen LogP contribution in [0.2, 0.25) is 0 Å². The van der Waals surface area contributed by atoms with E-state index < -0.39 is 0 Å². The van der Waals surface area contributed by atoms with Gasteiger partial charge in [-0.25, -0.2) is 0 Å². The Hall–Kier alpha value is -0.410. The molecule has 0 aromatic heterocycles. The number of nitrogens with zero attached hydrogens (tertiary/aromatic N) is 2. The summed E-state index contributed by atoms with van der Waals surface area (Å²) in [7, 11) is 2.62. The van der Waals surface area contributed by atoms with Crippen molar-refractivity contribution >= 4 is 14.5 Å². The van der Waals surface area contributed by atoms with Crippen molar-refractivity contribution in [3.8, 4) is 0 Å². The van der Waals surface area contributed by atoms with Gasteiger partial charge in [0, 0.05) is 8.86 Å². The molecule has 0 amide bonds. The van der Waals surface area contributed by atoms with E-state index >= 15 is 0 Å². The van der Waals surface area contributed by atoms with Gasteiger partial charge < -0.3 is 5.53 Å². The summed E-state index contributed by atoms with van der Waals surface area (Å²) in [6.07, 6.45) is 0. The van der Waals surface area contributed by atoms with E-state index in [-0.39, 0.29) is 0 Å². The van der Waals surface area contributed by atoms with Crippen molar-refractivity contribution in [1.82, 2.24) is 0 Å². The first-order valence-corrected chi connectivity index (χ1v) is 1.17. The van der Waals surface area contributed by atoms with Gasteiger partial charge in [0.25, 0.3) is 0 Å². The van der Waals surface area contributed by atoms with E-state index in [1.807, 2.05) is 5.59 Å². The third-order valence-electron chi connectivity index (χ3n) is 0.0500. The molecule has 0 aliphatic carbocycles. The monoisotopic (exact) mass is 72.0 g/mol. The molecule has 0 fully saturated rings. The summed E-state index contributed by atoms with van der Waals surface area (Å²) < 4.78 is 0. The van der Waals surface area contributed by atoms with Gasteiger partial charge in [-0.3, -0.25) is 0 Å². The van der Waals surface area contributed by atoms with Crippen LogP contribution in [0.3, 0.4) is 0 Å². The van der Waals surface area contributed by atoms with Crippen molar-refractivity contribution in [2.75, 3.05) is 0 Å². The van der Waals surface area contributed by atoms with Crippen molar-refractivity contribution in [2.45, 2.75) is 0 Å². The molecule has 0 saturated carbocycles. The Labute approximate surface area is 25.9 Å². The number of rotatable bonds is 0. The molecule has 2 nitrogen and oxygen atoms in total. The molecule has 0 aromatic carbocycles. The highest BCUT2D eigenvalue weighted by atomic mass is 31.0. The molecule has 0 unspecified atom stereocenters. The van der Waals surface area contributed by atoms with Gasteiger partial charge >= 0.3 is 5.59 Å². The van der Waals surface area contributed by atoms with Crippen LogP contribution in [-0.2, 0) is 0 Å². The molecule has 0 aliphatic heterocycles. The van der Waals surface area contributed by atoms with Crippen LogP contribution in [0.1, 0.15) is 0 Å². The lowest BCUT2D eigenvalue weighted by atomic mass is 11.7. The minimum atomic E-state index is 1.92. The molecule has 4 heavy (non-hydrogen) atoms. The quantitative estimate of drug-likeness (QED) is 0.170. The second kappa shape index (κ2) is 2.59. The molecule has 0 N–H and O–H groups in total. The molecule has 0 radical (unpaired) electrons. The third kappa shape index (κ3) is 1.59. The van der Waals surface area contributed by atoms with E-state index in [1.165, 1.54) is 0 Å². The summed E-state index contributed by atoms with van der Waals surface area (Å²) in [6, 6.07) is 0. The first kappa shape index (κ1) is 3.59. The van der Waals surface area contributed by atoms with Crippen molar-refractivity contribution in [3.05, 3.63) is 5.53 Å². The number of hydrogen-bond acceptors (Lipinski definition) is 0. The van der Waals surface area contributed by atoms with Crippen molar-refractivity contribution < 1.29 is 4.79 Å². The van der Waals surface area contributed by atoms with Crippen molar-refractivity contribution in [3.63, 3.8) is 0 Å². The first-order valence-electron chi connectivity index (χ1n) is 0.674. The molecule has 0 aromatic rings. The maximum absolute atomic E-state index is 7.34. The Morgan fingerprint density at radius 2 is 2.25 bits per heavy atom. The zero-order valence-corrected chi connectivity index (χ0v) is 2.89. The lowest BCUT2D eigenvalue weighted by Crippen LogP contribution is -1.29. The predicted octanol–water partition coefficient (Wildman–Crippen LogP) is 0.264. The minimum Gasteiger partial charge on any atom is -0.348 e. The molecule has 0 bridgehead atoms. The number of hydrogen-bond donors (Lipinski definition) is 0. The third-order valence-corrected chi connectivity index (χ3v) is 0.150. The molecule has 0 aliphatic rings. The van der Waals surface area contributed by atoms with Gasteiger partial charge in [-0.2, -0.15) is 0 Å². The van der Waals surface area contributed by atoms with Crippen LogP contribution in [0.4, 0.5) is 0 Å². The van der Waals surface area contributed by atoms with E-state index in [0.717, 1.165) is 0 Å². The van der Waals surface area contributed by atoms with E-state index in [1.54, 1.807) is 0 Å². The topological polar surface area (TPSA) is 36.4 Å². The summed E-state index contributed by atoms with van der Waals surface area (Å²) in [4.78, 5) is 2.40. The summed E-state index contributed by atoms with van der Waals surface area (Å²) in [5.41, 5.74) is 9.26. The molecule has 0 rings (SSSR count). The lowest BCUT2D eigenvalue weighted by Gasteiger charge is -1.17. The van der Waals surface area contributed by atoms with Gasteiger partial charge in [0.1, 0.15) is 0 Å². The van der Waals surface area contributed by atoms with Crippen LogP contribution in [0.5, 0.6) is 0 Å². The highest BCUT2D eigenvalue weighted by Gasteiger charge is 1.23. The maximum Gasteiger partial charge on any atom is 0.319 e. The van der Waals surface area contributed by atoms with Gasteiger partial charge in [0.05, 0.1) is 0 Å². The Balaban J connectivity index is 3.95. The van der Waals surface area contributed by atoms with E-state index in [9.17, 15) is 0 Å². The molecule has 0 heterocycles. The Bertz CT molecular complexity index is 56.1. The Kier molecular flexibility index (Phi) is 2.32. The summed E-state index contributed by atoms with van der Waals surface area (Å²) >= 11 is 0. The van der Waals surface area contributed by atoms with Crippen LogP contribution in [-0.4, -0.2) is 10.4 Å². The fourth-order valence-electron chi connectivity index (χ4n) is 0. The van der Waals surface area contributed by atoms with Crippen LogP contribution in [0.25, 0.3) is 5.53 Å². The van der Waals surface area contributed by atoms with Crippen molar-refractivity contribution in [1.29, 1.82) is 0 Å². The Morgan fingerprint density at radius 1 is 2.00 bits per heavy atom. The van der Waals surface area contributed by atoms with Gasteiger partial charge in [0.15, 0.2) is 0 Å². The Morgan fingerprint density at radius 3 is 2.25 bits per heavy atom. The zero-order valence-electron chi connectivity index (χ0n) is 1.89. The summed E-state index contributed by atoms with van der Waals surface area (Å²) in [5, 5.41) is 0. The molecule has 3 heteroatoms. The van der Waals surface area contributed by atoms with E-state index in [0.29, 0.717) is 0 Å². The van der Waals surface area contributed by atoms with Gasteiger partial charge in [-0.05, 0) is 0 Å². The molecule has 20 valence electrons. The molecule has 0 atom stereocenters. The summed E-state index contributed by atoms with van der Waals surface area (Å²) in [5.74, 6) is 0. The van der Waals surface area contributed by atoms with E-state index in [4.69, 9.17) is 5.53 Å². The normalized spacial score (nSPS) is 3.00. The predicted molar refractivity (Wildman–Crippen MR) is 16.9 cm³/mol. The average Bonchev–Trinajstić information content (AvgIpc) is 1.37. The van der Waals surface area contributed by atoms with E-state index in [2.05, 4.69) is 13.7 Å². The smallest absolute Gasteiger partial charge is 0.319 e. The highest BCUT2D eigenvalue weighted by molar-refractivity contribution is 7.16.